The van der Waals surface area contributed by atoms with Gasteiger partial charge >= 0.3 is 0 Å². The van der Waals surface area contributed by atoms with Gasteiger partial charge in [-0.3, -0.25) is 0 Å². The molecule has 3 heterocycles. The fourth-order valence-corrected chi connectivity index (χ4v) is 4.63. The fourth-order valence-electron chi connectivity index (χ4n) is 3.83. The maximum absolute atomic E-state index is 9.53. The van der Waals surface area contributed by atoms with E-state index in [1.165, 1.54) is 10.1 Å². The zero-order valence-corrected chi connectivity index (χ0v) is 15.3. The van der Waals surface area contributed by atoms with Gasteiger partial charge in [0.15, 0.2) is 0 Å². The highest BCUT2D eigenvalue weighted by atomic mass is 32.1. The molecule has 2 aromatic heterocycles. The van der Waals surface area contributed by atoms with Crippen LogP contribution < -0.4 is 9.80 Å². The van der Waals surface area contributed by atoms with Crippen molar-refractivity contribution in [3.05, 3.63) is 42.4 Å². The predicted molar refractivity (Wildman–Crippen MR) is 104 cm³/mol. The van der Waals surface area contributed by atoms with Crippen LogP contribution in [-0.4, -0.2) is 51.7 Å². The van der Waals surface area contributed by atoms with Gasteiger partial charge in [-0.05, 0) is 36.5 Å². The molecule has 1 N–H and O–H groups in total. The third-order valence-corrected chi connectivity index (χ3v) is 6.28. The van der Waals surface area contributed by atoms with E-state index in [1.807, 2.05) is 0 Å². The Morgan fingerprint density at radius 3 is 2.58 bits per heavy atom. The molecule has 0 radical (unpaired) electrons. The van der Waals surface area contributed by atoms with Gasteiger partial charge in [-0.2, -0.15) is 4.37 Å². The molecular formula is C19H21N5OS. The van der Waals surface area contributed by atoms with E-state index in [-0.39, 0.29) is 6.10 Å². The molecule has 5 rings (SSSR count). The first-order chi connectivity index (χ1) is 12.8. The quantitative estimate of drug-likeness (QED) is 0.768. The average Bonchev–Trinajstić information content (AvgIpc) is 3.10. The van der Waals surface area contributed by atoms with E-state index >= 15 is 0 Å². The van der Waals surface area contributed by atoms with Crippen LogP contribution in [0.1, 0.15) is 24.5 Å². The number of aliphatic hydroxyl groups is 1. The Labute approximate surface area is 156 Å². The van der Waals surface area contributed by atoms with Gasteiger partial charge < -0.3 is 14.9 Å². The molecule has 1 aromatic carbocycles. The number of nitrogens with zero attached hydrogens (tertiary/aromatic N) is 5. The van der Waals surface area contributed by atoms with Crippen molar-refractivity contribution in [3.63, 3.8) is 0 Å². The Morgan fingerprint density at radius 1 is 1.00 bits per heavy atom. The number of benzene rings is 1. The van der Waals surface area contributed by atoms with Crippen molar-refractivity contribution in [2.75, 3.05) is 36.0 Å². The first-order valence-electron chi connectivity index (χ1n) is 9.12. The Morgan fingerprint density at radius 2 is 1.77 bits per heavy atom. The number of rotatable bonds is 3. The number of fused-ring (bicyclic) bond motifs is 1. The van der Waals surface area contributed by atoms with E-state index in [1.54, 1.807) is 17.9 Å². The summed E-state index contributed by atoms with van der Waals surface area (Å²) >= 11 is 1.57. The molecule has 7 heteroatoms. The summed E-state index contributed by atoms with van der Waals surface area (Å²) < 4.78 is 5.92. The maximum atomic E-state index is 9.53. The van der Waals surface area contributed by atoms with Crippen molar-refractivity contribution in [1.29, 1.82) is 0 Å². The normalized spacial score (nSPS) is 23.3. The third kappa shape index (κ3) is 2.81. The molecule has 0 bridgehead atoms. The molecule has 0 spiro atoms. The molecule has 2 fully saturated rings. The third-order valence-electron chi connectivity index (χ3n) is 5.47. The minimum Gasteiger partial charge on any atom is -0.393 e. The second-order valence-electron chi connectivity index (χ2n) is 7.10. The van der Waals surface area contributed by atoms with Crippen LogP contribution in [0.5, 0.6) is 0 Å². The van der Waals surface area contributed by atoms with E-state index in [2.05, 4.69) is 54.5 Å². The van der Waals surface area contributed by atoms with Gasteiger partial charge in [-0.1, -0.05) is 12.1 Å². The number of hydrogen-bond donors (Lipinski definition) is 1. The van der Waals surface area contributed by atoms with Gasteiger partial charge in [-0.15, -0.1) is 0 Å². The molecule has 2 aliphatic rings. The van der Waals surface area contributed by atoms with E-state index in [0.717, 1.165) is 56.4 Å². The molecule has 1 saturated carbocycles. The van der Waals surface area contributed by atoms with Crippen molar-refractivity contribution >= 4 is 33.3 Å². The van der Waals surface area contributed by atoms with Gasteiger partial charge in [0.25, 0.3) is 0 Å². The van der Waals surface area contributed by atoms with Gasteiger partial charge in [0.2, 0.25) is 0 Å². The second kappa shape index (κ2) is 6.48. The molecule has 0 unspecified atom stereocenters. The SMILES string of the molecule is OC1CC(c2cc(N3CCN(c4nsc5ccccc45)CC3)ncn2)C1. The summed E-state index contributed by atoms with van der Waals surface area (Å²) in [5.74, 6) is 2.49. The molecule has 1 aliphatic heterocycles. The summed E-state index contributed by atoms with van der Waals surface area (Å²) in [6.07, 6.45) is 3.15. The molecular weight excluding hydrogens is 346 g/mol. The van der Waals surface area contributed by atoms with Crippen LogP contribution >= 0.6 is 11.5 Å². The highest BCUT2D eigenvalue weighted by molar-refractivity contribution is 7.13. The summed E-state index contributed by atoms with van der Waals surface area (Å²) in [5, 5.41) is 10.8. The van der Waals surface area contributed by atoms with Crippen LogP contribution in [0.4, 0.5) is 11.6 Å². The molecule has 0 atom stereocenters. The summed E-state index contributed by atoms with van der Waals surface area (Å²) in [6, 6.07) is 10.5. The van der Waals surface area contributed by atoms with E-state index in [4.69, 9.17) is 0 Å². The minimum absolute atomic E-state index is 0.158. The minimum atomic E-state index is -0.158. The lowest BCUT2D eigenvalue weighted by Gasteiger charge is -2.36. The number of aliphatic hydroxyl groups excluding tert-OH is 1. The van der Waals surface area contributed by atoms with E-state index < -0.39 is 0 Å². The summed E-state index contributed by atoms with van der Waals surface area (Å²) in [5.41, 5.74) is 1.06. The van der Waals surface area contributed by atoms with Crippen LogP contribution in [-0.2, 0) is 0 Å². The largest absolute Gasteiger partial charge is 0.393 e. The van der Waals surface area contributed by atoms with Gasteiger partial charge in [0, 0.05) is 49.2 Å². The monoisotopic (exact) mass is 367 g/mol. The zero-order valence-electron chi connectivity index (χ0n) is 14.5. The first kappa shape index (κ1) is 16.0. The standard InChI is InChI=1S/C19H21N5OS/c25-14-9-13(10-14)16-11-18(21-12-20-16)23-5-7-24(8-6-23)19-15-3-1-2-4-17(15)26-22-19/h1-4,11-14,25H,5-10H2. The summed E-state index contributed by atoms with van der Waals surface area (Å²) in [6.45, 7) is 3.73. The van der Waals surface area contributed by atoms with Gasteiger partial charge in [0.1, 0.15) is 18.0 Å². The lowest BCUT2D eigenvalue weighted by Crippen LogP contribution is -2.47. The topological polar surface area (TPSA) is 65.4 Å². The first-order valence-corrected chi connectivity index (χ1v) is 9.89. The Balaban J connectivity index is 1.29. The van der Waals surface area contributed by atoms with Crippen molar-refractivity contribution in [2.45, 2.75) is 24.9 Å². The summed E-state index contributed by atoms with van der Waals surface area (Å²) in [4.78, 5) is 13.6. The number of piperazine rings is 1. The van der Waals surface area contributed by atoms with E-state index in [0.29, 0.717) is 5.92 Å². The highest BCUT2D eigenvalue weighted by Gasteiger charge is 2.30. The van der Waals surface area contributed by atoms with Crippen LogP contribution in [0, 0.1) is 0 Å². The van der Waals surface area contributed by atoms with Crippen molar-refractivity contribution < 1.29 is 5.11 Å². The van der Waals surface area contributed by atoms with Crippen LogP contribution in [0.2, 0.25) is 0 Å². The second-order valence-corrected chi connectivity index (χ2v) is 7.90. The Bertz CT molecular complexity index is 915. The van der Waals surface area contributed by atoms with E-state index in [9.17, 15) is 5.11 Å². The molecule has 1 saturated heterocycles. The summed E-state index contributed by atoms with van der Waals surface area (Å²) in [7, 11) is 0. The molecule has 26 heavy (non-hydrogen) atoms. The molecule has 134 valence electrons. The Kier molecular flexibility index (Phi) is 3.98. The van der Waals surface area contributed by atoms with Crippen LogP contribution in [0.25, 0.3) is 10.1 Å². The predicted octanol–water partition coefficient (Wildman–Crippen LogP) is 2.65. The van der Waals surface area contributed by atoms with Crippen molar-refractivity contribution in [3.8, 4) is 0 Å². The Hall–Kier alpha value is -2.25. The average molecular weight is 367 g/mol. The lowest BCUT2D eigenvalue weighted by atomic mass is 9.80. The van der Waals surface area contributed by atoms with Crippen LogP contribution in [0.3, 0.4) is 0 Å². The molecule has 6 nitrogen and oxygen atoms in total. The fraction of sp³-hybridized carbons (Fsp3) is 0.421. The van der Waals surface area contributed by atoms with Crippen molar-refractivity contribution in [2.24, 2.45) is 0 Å². The number of hydrogen-bond acceptors (Lipinski definition) is 7. The van der Waals surface area contributed by atoms with Gasteiger partial charge in [-0.25, -0.2) is 9.97 Å². The van der Waals surface area contributed by atoms with Crippen LogP contribution in [0.15, 0.2) is 36.7 Å². The molecule has 1 aliphatic carbocycles. The molecule has 0 amide bonds. The maximum Gasteiger partial charge on any atom is 0.150 e. The molecule has 3 aromatic rings. The number of anilines is 2. The zero-order chi connectivity index (χ0) is 17.5. The van der Waals surface area contributed by atoms with Crippen molar-refractivity contribution in [1.82, 2.24) is 14.3 Å². The number of aromatic nitrogens is 3. The lowest BCUT2D eigenvalue weighted by molar-refractivity contribution is 0.0732. The highest BCUT2D eigenvalue weighted by Crippen LogP contribution is 2.36. The smallest absolute Gasteiger partial charge is 0.150 e. The van der Waals surface area contributed by atoms with Gasteiger partial charge in [0.05, 0.1) is 10.8 Å².